The standard InChI is InChI=1S/C18H11Cl2F2N7/c19-13-4-1-5-14(15(13)20)29-18(26-27-28-29)25-8-10-3-2-6-23-16(10)12-7-11(21)9-24-17(12)22/h1-7,9H,8H2,(H,25,26,28). The van der Waals surface area contributed by atoms with Gasteiger partial charge in [-0.2, -0.15) is 9.07 Å². The van der Waals surface area contributed by atoms with Crippen LogP contribution in [0.1, 0.15) is 5.56 Å². The molecule has 0 aliphatic carbocycles. The largest absolute Gasteiger partial charge is 0.349 e. The zero-order valence-electron chi connectivity index (χ0n) is 14.5. The van der Waals surface area contributed by atoms with Crippen molar-refractivity contribution < 1.29 is 8.78 Å². The van der Waals surface area contributed by atoms with E-state index in [0.717, 1.165) is 12.3 Å². The molecule has 11 heteroatoms. The molecule has 0 spiro atoms. The Morgan fingerprint density at radius 2 is 1.93 bits per heavy atom. The zero-order chi connectivity index (χ0) is 20.4. The highest BCUT2D eigenvalue weighted by molar-refractivity contribution is 6.43. The Hall–Kier alpha value is -3.17. The van der Waals surface area contributed by atoms with Crippen LogP contribution in [0.2, 0.25) is 10.0 Å². The molecule has 0 radical (unpaired) electrons. The molecule has 0 fully saturated rings. The minimum atomic E-state index is -0.818. The van der Waals surface area contributed by atoms with E-state index in [1.54, 1.807) is 30.3 Å². The van der Waals surface area contributed by atoms with Gasteiger partial charge in [-0.1, -0.05) is 40.4 Å². The van der Waals surface area contributed by atoms with E-state index in [1.807, 2.05) is 0 Å². The predicted octanol–water partition coefficient (Wildman–Crippen LogP) is 4.32. The fourth-order valence-corrected chi connectivity index (χ4v) is 3.08. The molecule has 1 N–H and O–H groups in total. The lowest BCUT2D eigenvalue weighted by Gasteiger charge is -2.12. The first kappa shape index (κ1) is 19.2. The second-order valence-electron chi connectivity index (χ2n) is 5.84. The molecule has 4 aromatic rings. The summed E-state index contributed by atoms with van der Waals surface area (Å²) in [6.07, 6.45) is 2.29. The van der Waals surface area contributed by atoms with E-state index in [-0.39, 0.29) is 23.8 Å². The molecule has 0 saturated heterocycles. The summed E-state index contributed by atoms with van der Waals surface area (Å²) in [7, 11) is 0. The van der Waals surface area contributed by atoms with Gasteiger partial charge in [0, 0.05) is 12.7 Å². The Morgan fingerprint density at radius 3 is 2.79 bits per heavy atom. The summed E-state index contributed by atoms with van der Waals surface area (Å²) in [4.78, 5) is 7.59. The van der Waals surface area contributed by atoms with Crippen LogP contribution in [0.3, 0.4) is 0 Å². The lowest BCUT2D eigenvalue weighted by molar-refractivity contribution is 0.563. The van der Waals surface area contributed by atoms with E-state index < -0.39 is 11.8 Å². The van der Waals surface area contributed by atoms with Gasteiger partial charge >= 0.3 is 0 Å². The fraction of sp³-hybridized carbons (Fsp3) is 0.0556. The monoisotopic (exact) mass is 433 g/mol. The van der Waals surface area contributed by atoms with Gasteiger partial charge in [0.25, 0.3) is 0 Å². The summed E-state index contributed by atoms with van der Waals surface area (Å²) in [5.74, 6) is -1.20. The molecule has 0 atom stereocenters. The van der Waals surface area contributed by atoms with Crippen molar-refractivity contribution in [1.82, 2.24) is 30.2 Å². The van der Waals surface area contributed by atoms with Gasteiger partial charge in [-0.25, -0.2) is 9.37 Å². The predicted molar refractivity (Wildman–Crippen MR) is 104 cm³/mol. The number of pyridine rings is 2. The van der Waals surface area contributed by atoms with Crippen molar-refractivity contribution in [3.8, 4) is 16.9 Å². The third-order valence-corrected chi connectivity index (χ3v) is 4.83. The Kier molecular flexibility index (Phi) is 5.32. The highest BCUT2D eigenvalue weighted by atomic mass is 35.5. The molecule has 4 rings (SSSR count). The van der Waals surface area contributed by atoms with Gasteiger partial charge in [-0.05, 0) is 40.3 Å². The van der Waals surface area contributed by atoms with E-state index >= 15 is 0 Å². The molecule has 7 nitrogen and oxygen atoms in total. The van der Waals surface area contributed by atoms with Crippen LogP contribution in [0, 0.1) is 11.8 Å². The highest BCUT2D eigenvalue weighted by Gasteiger charge is 2.16. The fourth-order valence-electron chi connectivity index (χ4n) is 2.70. The van der Waals surface area contributed by atoms with Crippen LogP contribution in [-0.2, 0) is 6.54 Å². The summed E-state index contributed by atoms with van der Waals surface area (Å²) in [5.41, 5.74) is 1.29. The Bertz CT molecular complexity index is 1180. The van der Waals surface area contributed by atoms with E-state index in [9.17, 15) is 8.78 Å². The highest BCUT2D eigenvalue weighted by Crippen LogP contribution is 2.29. The number of halogens is 4. The second-order valence-corrected chi connectivity index (χ2v) is 6.63. The number of rotatable bonds is 5. The van der Waals surface area contributed by atoms with E-state index in [4.69, 9.17) is 23.2 Å². The van der Waals surface area contributed by atoms with Crippen molar-refractivity contribution in [3.63, 3.8) is 0 Å². The summed E-state index contributed by atoms with van der Waals surface area (Å²) >= 11 is 12.3. The Balaban J connectivity index is 1.65. The van der Waals surface area contributed by atoms with Crippen LogP contribution >= 0.6 is 23.2 Å². The molecule has 0 unspecified atom stereocenters. The first-order valence-electron chi connectivity index (χ1n) is 8.26. The number of hydrogen-bond acceptors (Lipinski definition) is 6. The van der Waals surface area contributed by atoms with Gasteiger partial charge < -0.3 is 5.32 Å². The van der Waals surface area contributed by atoms with Crippen LogP contribution in [0.25, 0.3) is 16.9 Å². The van der Waals surface area contributed by atoms with Gasteiger partial charge in [0.15, 0.2) is 0 Å². The average Bonchev–Trinajstić information content (AvgIpc) is 3.19. The number of hydrogen-bond donors (Lipinski definition) is 1. The van der Waals surface area contributed by atoms with Gasteiger partial charge in [0.1, 0.15) is 5.82 Å². The van der Waals surface area contributed by atoms with Crippen molar-refractivity contribution in [2.75, 3.05) is 5.32 Å². The summed E-state index contributed by atoms with van der Waals surface area (Å²) < 4.78 is 29.1. The minimum Gasteiger partial charge on any atom is -0.349 e. The lowest BCUT2D eigenvalue weighted by Crippen LogP contribution is -2.09. The minimum absolute atomic E-state index is 0.0418. The van der Waals surface area contributed by atoms with Crippen molar-refractivity contribution in [2.24, 2.45) is 0 Å². The molecule has 0 aliphatic rings. The van der Waals surface area contributed by atoms with Crippen LogP contribution < -0.4 is 5.32 Å². The first-order valence-corrected chi connectivity index (χ1v) is 9.02. The molecule has 0 bridgehead atoms. The average molecular weight is 434 g/mol. The summed E-state index contributed by atoms with van der Waals surface area (Å²) in [5, 5.41) is 15.2. The number of tetrazole rings is 1. The normalized spacial score (nSPS) is 10.9. The number of nitrogens with one attached hydrogen (secondary N) is 1. The molecule has 0 amide bonds. The summed E-state index contributed by atoms with van der Waals surface area (Å²) in [6.45, 7) is 0.178. The number of benzene rings is 1. The van der Waals surface area contributed by atoms with Crippen molar-refractivity contribution >= 4 is 29.2 Å². The third-order valence-electron chi connectivity index (χ3n) is 4.02. The molecular formula is C18H11Cl2F2N7. The maximum absolute atomic E-state index is 14.1. The smallest absolute Gasteiger partial charge is 0.248 e. The van der Waals surface area contributed by atoms with Crippen molar-refractivity contribution in [3.05, 3.63) is 76.2 Å². The lowest BCUT2D eigenvalue weighted by atomic mass is 10.1. The number of nitrogens with zero attached hydrogens (tertiary/aromatic N) is 6. The molecule has 0 aliphatic heterocycles. The van der Waals surface area contributed by atoms with Crippen LogP contribution in [0.5, 0.6) is 0 Å². The van der Waals surface area contributed by atoms with Crippen LogP contribution in [-0.4, -0.2) is 30.2 Å². The van der Waals surface area contributed by atoms with E-state index in [1.165, 1.54) is 10.9 Å². The molecule has 1 aromatic carbocycles. The van der Waals surface area contributed by atoms with Crippen LogP contribution in [0.4, 0.5) is 14.7 Å². The SMILES string of the molecule is Fc1cnc(F)c(-c2ncccc2CNc2nnnn2-c2cccc(Cl)c2Cl)c1. The molecule has 0 saturated carbocycles. The topological polar surface area (TPSA) is 81.4 Å². The number of aromatic nitrogens is 6. The quantitative estimate of drug-likeness (QED) is 0.472. The Morgan fingerprint density at radius 1 is 1.07 bits per heavy atom. The van der Waals surface area contributed by atoms with Gasteiger partial charge in [-0.15, -0.1) is 0 Å². The van der Waals surface area contributed by atoms with Crippen LogP contribution in [0.15, 0.2) is 48.8 Å². The van der Waals surface area contributed by atoms with Gasteiger partial charge in [0.05, 0.1) is 33.2 Å². The maximum atomic E-state index is 14.1. The number of anilines is 1. The van der Waals surface area contributed by atoms with E-state index in [0.29, 0.717) is 21.3 Å². The summed E-state index contributed by atoms with van der Waals surface area (Å²) in [6, 6.07) is 9.52. The first-order chi connectivity index (χ1) is 14.0. The maximum Gasteiger partial charge on any atom is 0.248 e. The molecular weight excluding hydrogens is 423 g/mol. The molecule has 146 valence electrons. The zero-order valence-corrected chi connectivity index (χ0v) is 16.0. The second kappa shape index (κ2) is 8.06. The van der Waals surface area contributed by atoms with Crippen molar-refractivity contribution in [2.45, 2.75) is 6.54 Å². The third kappa shape index (κ3) is 3.87. The molecule has 3 aromatic heterocycles. The molecule has 3 heterocycles. The van der Waals surface area contributed by atoms with E-state index in [2.05, 4.69) is 30.8 Å². The van der Waals surface area contributed by atoms with Gasteiger partial charge in [0.2, 0.25) is 11.9 Å². The molecule has 29 heavy (non-hydrogen) atoms. The Labute approximate surface area is 173 Å². The van der Waals surface area contributed by atoms with Gasteiger partial charge in [-0.3, -0.25) is 4.98 Å². The van der Waals surface area contributed by atoms with Crippen molar-refractivity contribution in [1.29, 1.82) is 0 Å².